The van der Waals surface area contributed by atoms with E-state index >= 15 is 0 Å². The van der Waals surface area contributed by atoms with Crippen molar-refractivity contribution in [2.24, 2.45) is 0 Å². The SMILES string of the molecule is CCCCCOc1[c]c2cc3ccccc3cc2cc1. The average molecular weight is 263 g/mol. The zero-order valence-electron chi connectivity index (χ0n) is 11.9. The maximum Gasteiger partial charge on any atom is 0.127 e. The van der Waals surface area contributed by atoms with Crippen LogP contribution in [-0.4, -0.2) is 6.61 Å². The van der Waals surface area contributed by atoms with Crippen molar-refractivity contribution in [3.8, 4) is 5.75 Å². The van der Waals surface area contributed by atoms with Crippen LogP contribution in [-0.2, 0) is 0 Å². The van der Waals surface area contributed by atoms with Gasteiger partial charge in [-0.15, -0.1) is 0 Å². The van der Waals surface area contributed by atoms with Gasteiger partial charge in [-0.25, -0.2) is 0 Å². The molecule has 0 saturated heterocycles. The normalized spacial score (nSPS) is 11.1. The van der Waals surface area contributed by atoms with Crippen molar-refractivity contribution in [2.45, 2.75) is 26.2 Å². The summed E-state index contributed by atoms with van der Waals surface area (Å²) in [6.45, 7) is 2.98. The molecule has 0 heterocycles. The third kappa shape index (κ3) is 2.77. The largest absolute Gasteiger partial charge is 0.493 e. The Morgan fingerprint density at radius 2 is 1.70 bits per heavy atom. The van der Waals surface area contributed by atoms with Crippen molar-refractivity contribution in [2.75, 3.05) is 6.61 Å². The van der Waals surface area contributed by atoms with Gasteiger partial charge >= 0.3 is 0 Å². The van der Waals surface area contributed by atoms with Crippen molar-refractivity contribution in [3.63, 3.8) is 0 Å². The summed E-state index contributed by atoms with van der Waals surface area (Å²) in [5.41, 5.74) is 0. The average Bonchev–Trinajstić information content (AvgIpc) is 2.49. The molecule has 3 aromatic carbocycles. The van der Waals surface area contributed by atoms with Crippen LogP contribution in [0, 0.1) is 6.07 Å². The Balaban J connectivity index is 1.88. The molecule has 0 N–H and O–H groups in total. The number of hydrogen-bond acceptors (Lipinski definition) is 1. The molecule has 3 aromatic rings. The highest BCUT2D eigenvalue weighted by molar-refractivity contribution is 5.98. The first-order valence-corrected chi connectivity index (χ1v) is 7.34. The van der Waals surface area contributed by atoms with Crippen molar-refractivity contribution in [1.29, 1.82) is 0 Å². The second-order valence-electron chi connectivity index (χ2n) is 5.16. The van der Waals surface area contributed by atoms with E-state index in [4.69, 9.17) is 4.74 Å². The van der Waals surface area contributed by atoms with Crippen LogP contribution in [0.5, 0.6) is 5.75 Å². The summed E-state index contributed by atoms with van der Waals surface area (Å²) in [4.78, 5) is 0. The number of rotatable bonds is 5. The summed E-state index contributed by atoms with van der Waals surface area (Å²) in [5, 5.41) is 4.85. The molecule has 1 radical (unpaired) electrons. The number of hydrogen-bond donors (Lipinski definition) is 0. The van der Waals surface area contributed by atoms with Gasteiger partial charge in [-0.05, 0) is 46.2 Å². The molecule has 3 rings (SSSR count). The molecule has 1 nitrogen and oxygen atoms in total. The van der Waals surface area contributed by atoms with E-state index in [1.807, 2.05) is 6.07 Å². The summed E-state index contributed by atoms with van der Waals surface area (Å²) >= 11 is 0. The highest BCUT2D eigenvalue weighted by atomic mass is 16.5. The lowest BCUT2D eigenvalue weighted by molar-refractivity contribution is 0.306. The van der Waals surface area contributed by atoms with Crippen LogP contribution >= 0.6 is 0 Å². The third-order valence-corrected chi connectivity index (χ3v) is 3.60. The Bertz CT molecular complexity index is 715. The Morgan fingerprint density at radius 1 is 0.900 bits per heavy atom. The van der Waals surface area contributed by atoms with E-state index in [-0.39, 0.29) is 0 Å². The molecular formula is C19H19O. The number of fused-ring (bicyclic) bond motifs is 2. The fourth-order valence-corrected chi connectivity index (χ4v) is 2.46. The van der Waals surface area contributed by atoms with Crippen molar-refractivity contribution in [3.05, 3.63) is 54.6 Å². The van der Waals surface area contributed by atoms with Crippen molar-refractivity contribution >= 4 is 21.5 Å². The van der Waals surface area contributed by atoms with Crippen LogP contribution in [0.1, 0.15) is 26.2 Å². The minimum absolute atomic E-state index is 0.781. The van der Waals surface area contributed by atoms with E-state index < -0.39 is 0 Å². The number of benzene rings is 3. The standard InChI is InChI=1S/C19H19O/c1-2-3-6-11-20-19-10-9-17-12-15-7-4-5-8-16(15)13-18(17)14-19/h4-5,7-10,12-13H,2-3,6,11H2,1H3. The molecule has 0 spiro atoms. The zero-order valence-corrected chi connectivity index (χ0v) is 11.9. The molecule has 20 heavy (non-hydrogen) atoms. The minimum atomic E-state index is 0.781. The van der Waals surface area contributed by atoms with Crippen molar-refractivity contribution in [1.82, 2.24) is 0 Å². The van der Waals surface area contributed by atoms with E-state index in [1.54, 1.807) is 0 Å². The van der Waals surface area contributed by atoms with E-state index in [0.717, 1.165) is 24.2 Å². The smallest absolute Gasteiger partial charge is 0.127 e. The van der Waals surface area contributed by atoms with Gasteiger partial charge in [-0.2, -0.15) is 0 Å². The first-order chi connectivity index (χ1) is 9.86. The summed E-state index contributed by atoms with van der Waals surface area (Å²) < 4.78 is 5.77. The first kappa shape index (κ1) is 13.0. The predicted molar refractivity (Wildman–Crippen MR) is 85.3 cm³/mol. The van der Waals surface area contributed by atoms with E-state index in [0.29, 0.717) is 0 Å². The topological polar surface area (TPSA) is 9.23 Å². The van der Waals surface area contributed by atoms with Gasteiger partial charge in [0.25, 0.3) is 0 Å². The number of ether oxygens (including phenoxy) is 1. The molecule has 0 saturated carbocycles. The van der Waals surface area contributed by atoms with Gasteiger partial charge in [-0.3, -0.25) is 0 Å². The molecule has 0 aliphatic rings. The maximum absolute atomic E-state index is 5.77. The van der Waals surface area contributed by atoms with Crippen LogP contribution in [0.2, 0.25) is 0 Å². The Hall–Kier alpha value is -2.02. The van der Waals surface area contributed by atoms with Gasteiger partial charge in [0.05, 0.1) is 6.61 Å². The highest BCUT2D eigenvalue weighted by Gasteiger charge is 2.01. The van der Waals surface area contributed by atoms with Gasteiger partial charge in [0.15, 0.2) is 0 Å². The quantitative estimate of drug-likeness (QED) is 0.444. The molecule has 0 amide bonds. The lowest BCUT2D eigenvalue weighted by Crippen LogP contribution is -1.96. The predicted octanol–water partition coefficient (Wildman–Crippen LogP) is 5.36. The fraction of sp³-hybridized carbons (Fsp3) is 0.263. The van der Waals surface area contributed by atoms with Gasteiger partial charge in [-0.1, -0.05) is 50.1 Å². The Kier molecular flexibility index (Phi) is 3.87. The monoisotopic (exact) mass is 263 g/mol. The molecule has 0 fully saturated rings. The molecule has 0 aliphatic heterocycles. The fourth-order valence-electron chi connectivity index (χ4n) is 2.46. The summed E-state index contributed by atoms with van der Waals surface area (Å²) in [6.07, 6.45) is 3.55. The molecule has 0 aliphatic carbocycles. The van der Waals surface area contributed by atoms with E-state index in [1.165, 1.54) is 29.0 Å². The summed E-state index contributed by atoms with van der Waals surface area (Å²) in [6, 6.07) is 20.3. The summed E-state index contributed by atoms with van der Waals surface area (Å²) in [5.74, 6) is 0.851. The van der Waals surface area contributed by atoms with Crippen LogP contribution in [0.3, 0.4) is 0 Å². The molecule has 0 aromatic heterocycles. The molecule has 0 unspecified atom stereocenters. The van der Waals surface area contributed by atoms with Crippen LogP contribution < -0.4 is 4.74 Å². The third-order valence-electron chi connectivity index (χ3n) is 3.60. The molecule has 0 atom stereocenters. The lowest BCUT2D eigenvalue weighted by Gasteiger charge is -2.07. The van der Waals surface area contributed by atoms with Crippen molar-refractivity contribution < 1.29 is 4.74 Å². The number of unbranched alkanes of at least 4 members (excludes halogenated alkanes) is 2. The zero-order chi connectivity index (χ0) is 13.8. The van der Waals surface area contributed by atoms with Crippen LogP contribution in [0.4, 0.5) is 0 Å². The Morgan fingerprint density at radius 3 is 2.50 bits per heavy atom. The van der Waals surface area contributed by atoms with Crippen LogP contribution in [0.25, 0.3) is 21.5 Å². The molecule has 0 bridgehead atoms. The Labute approximate surface area is 120 Å². The molecule has 101 valence electrons. The van der Waals surface area contributed by atoms with Gasteiger partial charge in [0.2, 0.25) is 0 Å². The van der Waals surface area contributed by atoms with E-state index in [9.17, 15) is 0 Å². The van der Waals surface area contributed by atoms with Gasteiger partial charge < -0.3 is 4.74 Å². The second-order valence-corrected chi connectivity index (χ2v) is 5.16. The minimum Gasteiger partial charge on any atom is -0.493 e. The first-order valence-electron chi connectivity index (χ1n) is 7.34. The van der Waals surface area contributed by atoms with E-state index in [2.05, 4.69) is 55.5 Å². The van der Waals surface area contributed by atoms with Gasteiger partial charge in [0.1, 0.15) is 5.75 Å². The lowest BCUT2D eigenvalue weighted by atomic mass is 10.0. The molecular weight excluding hydrogens is 244 g/mol. The maximum atomic E-state index is 5.77. The molecule has 1 heteroatoms. The van der Waals surface area contributed by atoms with Gasteiger partial charge in [0, 0.05) is 6.07 Å². The van der Waals surface area contributed by atoms with Crippen LogP contribution in [0.15, 0.2) is 48.5 Å². The highest BCUT2D eigenvalue weighted by Crippen LogP contribution is 2.25. The second kappa shape index (κ2) is 5.96. The summed E-state index contributed by atoms with van der Waals surface area (Å²) in [7, 11) is 0.